The maximum Gasteiger partial charge on any atom is 0.226 e. The molecule has 1 amide bonds. The monoisotopic (exact) mass is 399 g/mol. The highest BCUT2D eigenvalue weighted by molar-refractivity contribution is 5.79. The molecule has 4 rings (SSSR count). The molecule has 1 aromatic carbocycles. The number of aromatic nitrogens is 1. The Morgan fingerprint density at radius 3 is 3.10 bits per heavy atom. The number of amides is 1. The van der Waals surface area contributed by atoms with Gasteiger partial charge in [0.25, 0.3) is 0 Å². The molecule has 0 radical (unpaired) electrons. The molecular formula is C22H26FN3O3. The molecular weight excluding hydrogens is 373 g/mol. The highest BCUT2D eigenvalue weighted by atomic mass is 19.1. The highest BCUT2D eigenvalue weighted by Gasteiger charge is 2.33. The van der Waals surface area contributed by atoms with Crippen molar-refractivity contribution < 1.29 is 18.7 Å². The number of nitrogens with one attached hydrogen (secondary N) is 2. The van der Waals surface area contributed by atoms with E-state index in [1.807, 2.05) is 12.1 Å². The van der Waals surface area contributed by atoms with E-state index in [-0.39, 0.29) is 29.8 Å². The van der Waals surface area contributed by atoms with Crippen LogP contribution in [0.5, 0.6) is 5.88 Å². The van der Waals surface area contributed by atoms with Crippen LogP contribution in [0, 0.1) is 11.7 Å². The lowest BCUT2D eigenvalue weighted by Crippen LogP contribution is -2.34. The van der Waals surface area contributed by atoms with Crippen LogP contribution in [0.1, 0.15) is 35.6 Å². The summed E-state index contributed by atoms with van der Waals surface area (Å²) in [5, 5.41) is 6.50. The Hall–Kier alpha value is -2.51. The maximum absolute atomic E-state index is 13.4. The molecule has 2 aliphatic rings. The summed E-state index contributed by atoms with van der Waals surface area (Å²) < 4.78 is 24.3. The van der Waals surface area contributed by atoms with E-state index in [9.17, 15) is 9.18 Å². The summed E-state index contributed by atoms with van der Waals surface area (Å²) in [6.45, 7) is 1.80. The van der Waals surface area contributed by atoms with Crippen LogP contribution >= 0.6 is 0 Å². The SMILES string of the molecule is COc1cc(CNC[C@@H]2C[C@H](C(=O)NC3CCc4cc(F)ccc43)CO2)ccn1. The van der Waals surface area contributed by atoms with Crippen molar-refractivity contribution in [3.05, 3.63) is 59.0 Å². The Kier molecular flexibility index (Phi) is 6.06. The van der Waals surface area contributed by atoms with E-state index in [1.54, 1.807) is 25.4 Å². The Bertz CT molecular complexity index is 876. The molecule has 29 heavy (non-hydrogen) atoms. The van der Waals surface area contributed by atoms with Crippen molar-refractivity contribution in [3.8, 4) is 5.88 Å². The molecule has 1 aliphatic heterocycles. The number of carbonyl (C=O) groups excluding carboxylic acids is 1. The number of aryl methyl sites for hydroxylation is 1. The fourth-order valence-electron chi connectivity index (χ4n) is 4.11. The van der Waals surface area contributed by atoms with Gasteiger partial charge in [0.2, 0.25) is 11.8 Å². The molecule has 1 saturated heterocycles. The summed E-state index contributed by atoms with van der Waals surface area (Å²) in [5.41, 5.74) is 3.11. The molecule has 1 aliphatic carbocycles. The average molecular weight is 399 g/mol. The minimum absolute atomic E-state index is 0.0134. The van der Waals surface area contributed by atoms with Crippen LogP contribution in [0.15, 0.2) is 36.5 Å². The van der Waals surface area contributed by atoms with Gasteiger partial charge in [0.05, 0.1) is 31.8 Å². The van der Waals surface area contributed by atoms with E-state index in [0.717, 1.165) is 29.5 Å². The minimum atomic E-state index is -0.222. The third-order valence-corrected chi connectivity index (χ3v) is 5.66. The van der Waals surface area contributed by atoms with Crippen LogP contribution in [0.2, 0.25) is 0 Å². The molecule has 0 saturated carbocycles. The van der Waals surface area contributed by atoms with Gasteiger partial charge in [-0.05, 0) is 54.2 Å². The molecule has 1 aromatic heterocycles. The van der Waals surface area contributed by atoms with Gasteiger partial charge in [-0.25, -0.2) is 9.37 Å². The number of hydrogen-bond acceptors (Lipinski definition) is 5. The number of halogens is 1. The highest BCUT2D eigenvalue weighted by Crippen LogP contribution is 2.32. The van der Waals surface area contributed by atoms with Gasteiger partial charge in [-0.3, -0.25) is 4.79 Å². The van der Waals surface area contributed by atoms with Gasteiger partial charge in [0.1, 0.15) is 5.82 Å². The zero-order valence-electron chi connectivity index (χ0n) is 16.5. The summed E-state index contributed by atoms with van der Waals surface area (Å²) in [6, 6.07) is 8.62. The predicted octanol–water partition coefficient (Wildman–Crippen LogP) is 2.53. The Morgan fingerprint density at radius 1 is 1.34 bits per heavy atom. The second kappa shape index (κ2) is 8.88. The summed E-state index contributed by atoms with van der Waals surface area (Å²) in [7, 11) is 1.60. The number of fused-ring (bicyclic) bond motifs is 1. The van der Waals surface area contributed by atoms with Gasteiger partial charge in [-0.15, -0.1) is 0 Å². The van der Waals surface area contributed by atoms with Crippen LogP contribution in [0.4, 0.5) is 4.39 Å². The Balaban J connectivity index is 1.23. The molecule has 2 N–H and O–H groups in total. The first-order valence-electron chi connectivity index (χ1n) is 10.0. The number of pyridine rings is 1. The first-order valence-corrected chi connectivity index (χ1v) is 10.0. The summed E-state index contributed by atoms with van der Waals surface area (Å²) in [5.74, 6) is 0.246. The van der Waals surface area contributed by atoms with Crippen molar-refractivity contribution in [1.82, 2.24) is 15.6 Å². The topological polar surface area (TPSA) is 72.5 Å². The maximum atomic E-state index is 13.4. The van der Waals surface area contributed by atoms with Crippen molar-refractivity contribution >= 4 is 5.91 Å². The van der Waals surface area contributed by atoms with E-state index in [4.69, 9.17) is 9.47 Å². The van der Waals surface area contributed by atoms with Crippen molar-refractivity contribution in [2.75, 3.05) is 20.3 Å². The standard InChI is InChI=1S/C22H26FN3O3/c1-28-21-8-14(6-7-25-21)11-24-12-18-10-16(13-29-18)22(27)26-20-5-2-15-9-17(23)3-4-19(15)20/h3-4,6-9,16,18,20,24H,2,5,10-13H2,1H3,(H,26,27)/t16-,18-,20?/m0/s1. The van der Waals surface area contributed by atoms with E-state index >= 15 is 0 Å². The zero-order chi connectivity index (χ0) is 20.2. The lowest BCUT2D eigenvalue weighted by Gasteiger charge is -2.17. The zero-order valence-corrected chi connectivity index (χ0v) is 16.5. The Labute approximate surface area is 169 Å². The van der Waals surface area contributed by atoms with E-state index in [2.05, 4.69) is 15.6 Å². The lowest BCUT2D eigenvalue weighted by molar-refractivity contribution is -0.125. The molecule has 0 bridgehead atoms. The third kappa shape index (κ3) is 4.74. The van der Waals surface area contributed by atoms with Crippen molar-refractivity contribution in [3.63, 3.8) is 0 Å². The second-order valence-electron chi connectivity index (χ2n) is 7.67. The number of methoxy groups -OCH3 is 1. The number of nitrogens with zero attached hydrogens (tertiary/aromatic N) is 1. The van der Waals surface area contributed by atoms with E-state index in [1.165, 1.54) is 6.07 Å². The largest absolute Gasteiger partial charge is 0.481 e. The number of benzene rings is 1. The molecule has 1 fully saturated rings. The van der Waals surface area contributed by atoms with Crippen molar-refractivity contribution in [2.45, 2.75) is 38.0 Å². The van der Waals surface area contributed by atoms with Crippen LogP contribution < -0.4 is 15.4 Å². The number of rotatable bonds is 7. The first kappa shape index (κ1) is 19.8. The normalized spacial score (nSPS) is 23.0. The minimum Gasteiger partial charge on any atom is -0.481 e. The fraction of sp³-hybridized carbons (Fsp3) is 0.455. The summed E-state index contributed by atoms with van der Waals surface area (Å²) >= 11 is 0. The molecule has 7 heteroatoms. The van der Waals surface area contributed by atoms with Crippen LogP contribution in [0.25, 0.3) is 0 Å². The van der Waals surface area contributed by atoms with Crippen LogP contribution in [-0.2, 0) is 22.5 Å². The van der Waals surface area contributed by atoms with Gasteiger partial charge in [0, 0.05) is 25.4 Å². The van der Waals surface area contributed by atoms with E-state index < -0.39 is 0 Å². The molecule has 2 heterocycles. The number of ether oxygens (including phenoxy) is 2. The van der Waals surface area contributed by atoms with Gasteiger partial charge in [-0.1, -0.05) is 6.07 Å². The number of carbonyl (C=O) groups is 1. The summed E-state index contributed by atoms with van der Waals surface area (Å²) in [4.78, 5) is 16.8. The molecule has 6 nitrogen and oxygen atoms in total. The predicted molar refractivity (Wildman–Crippen MR) is 106 cm³/mol. The lowest BCUT2D eigenvalue weighted by atomic mass is 10.0. The molecule has 3 atom stereocenters. The van der Waals surface area contributed by atoms with Crippen molar-refractivity contribution in [1.29, 1.82) is 0 Å². The smallest absolute Gasteiger partial charge is 0.226 e. The van der Waals surface area contributed by atoms with Gasteiger partial charge in [0.15, 0.2) is 0 Å². The molecule has 0 spiro atoms. The first-order chi connectivity index (χ1) is 14.1. The average Bonchev–Trinajstić information content (AvgIpc) is 3.35. The Morgan fingerprint density at radius 2 is 2.24 bits per heavy atom. The van der Waals surface area contributed by atoms with Crippen LogP contribution in [-0.4, -0.2) is 37.3 Å². The molecule has 2 aromatic rings. The van der Waals surface area contributed by atoms with E-state index in [0.29, 0.717) is 32.0 Å². The van der Waals surface area contributed by atoms with Crippen molar-refractivity contribution in [2.24, 2.45) is 5.92 Å². The van der Waals surface area contributed by atoms with Crippen LogP contribution in [0.3, 0.4) is 0 Å². The van der Waals surface area contributed by atoms with Gasteiger partial charge >= 0.3 is 0 Å². The number of hydrogen-bond donors (Lipinski definition) is 2. The molecule has 154 valence electrons. The fourth-order valence-corrected chi connectivity index (χ4v) is 4.11. The second-order valence-corrected chi connectivity index (χ2v) is 7.67. The molecule has 1 unspecified atom stereocenters. The summed E-state index contributed by atoms with van der Waals surface area (Å²) in [6.07, 6.45) is 4.04. The third-order valence-electron chi connectivity index (χ3n) is 5.66. The quantitative estimate of drug-likeness (QED) is 0.749. The van der Waals surface area contributed by atoms with Gasteiger partial charge < -0.3 is 20.1 Å². The van der Waals surface area contributed by atoms with Gasteiger partial charge in [-0.2, -0.15) is 0 Å².